The molecule has 0 saturated carbocycles. The number of aliphatic hydroxyl groups is 1. The van der Waals surface area contributed by atoms with Crippen molar-refractivity contribution in [2.24, 2.45) is 5.73 Å². The van der Waals surface area contributed by atoms with Gasteiger partial charge in [0.15, 0.2) is 0 Å². The van der Waals surface area contributed by atoms with Gasteiger partial charge >= 0.3 is 0 Å². The molecule has 3 nitrogen and oxygen atoms in total. The van der Waals surface area contributed by atoms with Gasteiger partial charge in [-0.05, 0) is 34.5 Å². The largest absolute Gasteiger partial charge is 0.391 e. The minimum Gasteiger partial charge on any atom is -0.391 e. The third kappa shape index (κ3) is 2.64. The molecule has 0 aliphatic heterocycles. The molecule has 0 saturated heterocycles. The summed E-state index contributed by atoms with van der Waals surface area (Å²) in [6.07, 6.45) is 0.958. The maximum atomic E-state index is 9.23. The van der Waals surface area contributed by atoms with Crippen molar-refractivity contribution in [1.82, 2.24) is 4.98 Å². The molecule has 0 aliphatic carbocycles. The van der Waals surface area contributed by atoms with Gasteiger partial charge in [0.2, 0.25) is 0 Å². The van der Waals surface area contributed by atoms with Gasteiger partial charge in [-0.15, -0.1) is 0 Å². The summed E-state index contributed by atoms with van der Waals surface area (Å²) < 4.78 is 0.683. The predicted molar refractivity (Wildman–Crippen MR) is 55.6 cm³/mol. The Morgan fingerprint density at radius 1 is 1.69 bits per heavy atom. The molecular formula is C8H10BrClN2O. The smallest absolute Gasteiger partial charge is 0.143 e. The summed E-state index contributed by atoms with van der Waals surface area (Å²) >= 11 is 8.94. The molecule has 13 heavy (non-hydrogen) atoms. The van der Waals surface area contributed by atoms with Crippen LogP contribution in [0.25, 0.3) is 0 Å². The standard InChI is InChI=1S/C8H10BrClN2O/c1-4(13)7(11)5-2-6(9)8(10)12-3-5/h2-4,7,13H,11H2,1H3/t4-,7+/m1/s1. The van der Waals surface area contributed by atoms with E-state index in [1.54, 1.807) is 19.2 Å². The molecule has 0 aliphatic rings. The second kappa shape index (κ2) is 4.37. The quantitative estimate of drug-likeness (QED) is 0.803. The Labute approximate surface area is 90.1 Å². The molecule has 2 atom stereocenters. The molecule has 72 valence electrons. The Morgan fingerprint density at radius 3 is 2.77 bits per heavy atom. The maximum Gasteiger partial charge on any atom is 0.143 e. The Kier molecular flexibility index (Phi) is 3.67. The molecule has 0 radical (unpaired) electrons. The van der Waals surface area contributed by atoms with Gasteiger partial charge in [-0.2, -0.15) is 0 Å². The van der Waals surface area contributed by atoms with E-state index in [4.69, 9.17) is 17.3 Å². The average molecular weight is 266 g/mol. The molecule has 1 heterocycles. The molecule has 1 aromatic heterocycles. The van der Waals surface area contributed by atoms with Gasteiger partial charge < -0.3 is 10.8 Å². The molecule has 0 spiro atoms. The van der Waals surface area contributed by atoms with Gasteiger partial charge in [-0.3, -0.25) is 0 Å². The SMILES string of the molecule is C[C@@H](O)[C@H](N)c1cnc(Cl)c(Br)c1. The van der Waals surface area contributed by atoms with E-state index in [0.29, 0.717) is 9.63 Å². The van der Waals surface area contributed by atoms with Gasteiger partial charge in [-0.1, -0.05) is 11.6 Å². The minimum atomic E-state index is -0.602. The molecule has 0 amide bonds. The van der Waals surface area contributed by atoms with E-state index in [1.807, 2.05) is 0 Å². The van der Waals surface area contributed by atoms with E-state index in [9.17, 15) is 5.11 Å². The molecule has 3 N–H and O–H groups in total. The van der Waals surface area contributed by atoms with E-state index >= 15 is 0 Å². The number of aromatic nitrogens is 1. The number of aliphatic hydroxyl groups excluding tert-OH is 1. The number of pyridine rings is 1. The van der Waals surface area contributed by atoms with E-state index in [1.165, 1.54) is 0 Å². The van der Waals surface area contributed by atoms with Crippen molar-refractivity contribution in [2.75, 3.05) is 0 Å². The Morgan fingerprint density at radius 2 is 2.31 bits per heavy atom. The summed E-state index contributed by atoms with van der Waals surface area (Å²) in [4.78, 5) is 3.91. The summed E-state index contributed by atoms with van der Waals surface area (Å²) in [5.41, 5.74) is 6.46. The summed E-state index contributed by atoms with van der Waals surface area (Å²) in [5, 5.41) is 9.62. The fourth-order valence-electron chi connectivity index (χ4n) is 0.897. The highest BCUT2D eigenvalue weighted by Crippen LogP contribution is 2.23. The normalized spacial score (nSPS) is 15.5. The van der Waals surface area contributed by atoms with Crippen LogP contribution in [-0.4, -0.2) is 16.2 Å². The van der Waals surface area contributed by atoms with E-state index in [2.05, 4.69) is 20.9 Å². The highest BCUT2D eigenvalue weighted by Gasteiger charge is 2.13. The van der Waals surface area contributed by atoms with Gasteiger partial charge in [-0.25, -0.2) is 4.98 Å². The number of rotatable bonds is 2. The first-order valence-corrected chi connectivity index (χ1v) is 4.94. The molecule has 1 rings (SSSR count). The van der Waals surface area contributed by atoms with Crippen LogP contribution in [0.5, 0.6) is 0 Å². The van der Waals surface area contributed by atoms with Crippen molar-refractivity contribution < 1.29 is 5.11 Å². The summed E-state index contributed by atoms with van der Waals surface area (Å²) in [7, 11) is 0. The first-order chi connectivity index (χ1) is 6.02. The van der Waals surface area contributed by atoms with Crippen LogP contribution in [0, 0.1) is 0 Å². The first kappa shape index (κ1) is 10.9. The number of nitrogens with two attached hydrogens (primary N) is 1. The number of hydrogen-bond acceptors (Lipinski definition) is 3. The molecule has 0 unspecified atom stereocenters. The maximum absolute atomic E-state index is 9.23. The zero-order valence-electron chi connectivity index (χ0n) is 7.04. The second-order valence-electron chi connectivity index (χ2n) is 2.81. The number of halogens is 2. The first-order valence-electron chi connectivity index (χ1n) is 3.77. The van der Waals surface area contributed by atoms with E-state index in [-0.39, 0.29) is 0 Å². The topological polar surface area (TPSA) is 59.1 Å². The van der Waals surface area contributed by atoms with Crippen LogP contribution in [0.15, 0.2) is 16.7 Å². The Balaban J connectivity index is 2.97. The van der Waals surface area contributed by atoms with Gasteiger partial charge in [0, 0.05) is 6.20 Å². The summed E-state index contributed by atoms with van der Waals surface area (Å²) in [6.45, 7) is 1.63. The molecule has 0 aromatic carbocycles. The molecule has 5 heteroatoms. The predicted octanol–water partition coefficient (Wildman–Crippen LogP) is 1.88. The van der Waals surface area contributed by atoms with Gasteiger partial charge in [0.05, 0.1) is 16.6 Å². The van der Waals surface area contributed by atoms with Crippen LogP contribution in [-0.2, 0) is 0 Å². The van der Waals surface area contributed by atoms with Crippen molar-refractivity contribution in [3.8, 4) is 0 Å². The molecule has 0 bridgehead atoms. The van der Waals surface area contributed by atoms with Crippen molar-refractivity contribution in [3.63, 3.8) is 0 Å². The summed E-state index contributed by atoms with van der Waals surface area (Å²) in [5.74, 6) is 0. The highest BCUT2D eigenvalue weighted by molar-refractivity contribution is 9.10. The third-order valence-corrected chi connectivity index (χ3v) is 2.86. The molecular weight excluding hydrogens is 255 g/mol. The van der Waals surface area contributed by atoms with E-state index < -0.39 is 12.1 Å². The lowest BCUT2D eigenvalue weighted by Crippen LogP contribution is -2.23. The van der Waals surface area contributed by atoms with E-state index in [0.717, 1.165) is 5.56 Å². The monoisotopic (exact) mass is 264 g/mol. The van der Waals surface area contributed by atoms with Crippen LogP contribution < -0.4 is 5.73 Å². The zero-order chi connectivity index (χ0) is 10.0. The second-order valence-corrected chi connectivity index (χ2v) is 4.02. The van der Waals surface area contributed by atoms with Crippen molar-refractivity contribution in [1.29, 1.82) is 0 Å². The molecule has 1 aromatic rings. The highest BCUT2D eigenvalue weighted by atomic mass is 79.9. The average Bonchev–Trinajstić information content (AvgIpc) is 2.08. The minimum absolute atomic E-state index is 0.390. The number of hydrogen-bond donors (Lipinski definition) is 2. The zero-order valence-corrected chi connectivity index (χ0v) is 9.38. The van der Waals surface area contributed by atoms with Crippen molar-refractivity contribution in [3.05, 3.63) is 27.5 Å². The third-order valence-electron chi connectivity index (χ3n) is 1.72. The van der Waals surface area contributed by atoms with Crippen LogP contribution in [0.4, 0.5) is 0 Å². The fraction of sp³-hybridized carbons (Fsp3) is 0.375. The lowest BCUT2D eigenvalue weighted by Gasteiger charge is -2.14. The van der Waals surface area contributed by atoms with Crippen LogP contribution in [0.3, 0.4) is 0 Å². The lowest BCUT2D eigenvalue weighted by molar-refractivity contribution is 0.164. The van der Waals surface area contributed by atoms with Gasteiger partial charge in [0.1, 0.15) is 5.15 Å². The lowest BCUT2D eigenvalue weighted by atomic mass is 10.1. The number of nitrogens with zero attached hydrogens (tertiary/aromatic N) is 1. The van der Waals surface area contributed by atoms with Crippen LogP contribution in [0.2, 0.25) is 5.15 Å². The van der Waals surface area contributed by atoms with Crippen molar-refractivity contribution >= 4 is 27.5 Å². The Bertz CT molecular complexity index is 306. The summed E-state index contributed by atoms with van der Waals surface area (Å²) in [6, 6.07) is 1.33. The van der Waals surface area contributed by atoms with Crippen LogP contribution >= 0.6 is 27.5 Å². The van der Waals surface area contributed by atoms with Crippen LogP contribution in [0.1, 0.15) is 18.5 Å². The van der Waals surface area contributed by atoms with Crippen molar-refractivity contribution in [2.45, 2.75) is 19.1 Å². The van der Waals surface area contributed by atoms with Gasteiger partial charge in [0.25, 0.3) is 0 Å². The Hall–Kier alpha value is -0.160. The fourth-order valence-corrected chi connectivity index (χ4v) is 1.37. The molecule has 0 fully saturated rings.